The zero-order valence-electron chi connectivity index (χ0n) is 16.8. The number of amides is 1. The predicted octanol–water partition coefficient (Wildman–Crippen LogP) is 4.65. The number of alkyl halides is 3. The number of carbonyl (C=O) groups is 1. The van der Waals surface area contributed by atoms with E-state index in [-0.39, 0.29) is 16.6 Å². The van der Waals surface area contributed by atoms with E-state index in [4.69, 9.17) is 16.3 Å². The van der Waals surface area contributed by atoms with E-state index >= 15 is 0 Å². The molecule has 0 unspecified atom stereocenters. The van der Waals surface area contributed by atoms with Crippen molar-refractivity contribution in [3.05, 3.63) is 40.2 Å². The molecule has 1 heterocycles. The molecule has 1 aromatic heterocycles. The molecule has 1 N–H and O–H groups in total. The van der Waals surface area contributed by atoms with E-state index in [0.29, 0.717) is 25.1 Å². The summed E-state index contributed by atoms with van der Waals surface area (Å²) >= 11 is 5.96. The molecule has 1 fully saturated rings. The van der Waals surface area contributed by atoms with Crippen molar-refractivity contribution in [3.63, 3.8) is 0 Å². The van der Waals surface area contributed by atoms with Crippen LogP contribution in [-0.4, -0.2) is 33.3 Å². The fourth-order valence-corrected chi connectivity index (χ4v) is 3.83. The van der Waals surface area contributed by atoms with E-state index in [9.17, 15) is 18.0 Å². The lowest BCUT2D eigenvalue weighted by molar-refractivity contribution is -0.137. The van der Waals surface area contributed by atoms with Gasteiger partial charge >= 0.3 is 12.2 Å². The van der Waals surface area contributed by atoms with Gasteiger partial charge in [0, 0.05) is 12.6 Å². The van der Waals surface area contributed by atoms with E-state index in [1.165, 1.54) is 0 Å². The van der Waals surface area contributed by atoms with Gasteiger partial charge in [0.05, 0.1) is 22.8 Å². The minimum Gasteiger partial charge on any atom is -0.463 e. The van der Waals surface area contributed by atoms with Gasteiger partial charge in [-0.3, -0.25) is 4.79 Å². The molecular weight excluding hydrogens is 421 g/mol. The number of benzene rings is 1. The highest BCUT2D eigenvalue weighted by atomic mass is 35.5. The van der Waals surface area contributed by atoms with Crippen LogP contribution < -0.4 is 10.1 Å². The van der Waals surface area contributed by atoms with Gasteiger partial charge in [-0.25, -0.2) is 4.68 Å². The van der Waals surface area contributed by atoms with Crippen molar-refractivity contribution in [1.29, 1.82) is 0 Å². The van der Waals surface area contributed by atoms with E-state index < -0.39 is 17.6 Å². The third kappa shape index (κ3) is 5.44. The van der Waals surface area contributed by atoms with Crippen molar-refractivity contribution in [2.75, 3.05) is 6.61 Å². The van der Waals surface area contributed by atoms with Gasteiger partial charge in [-0.15, -0.1) is 5.10 Å². The molecule has 1 aliphatic rings. The first-order valence-corrected chi connectivity index (χ1v) is 10.3. The van der Waals surface area contributed by atoms with Crippen molar-refractivity contribution in [1.82, 2.24) is 20.1 Å². The third-order valence-electron chi connectivity index (χ3n) is 5.26. The molecular formula is C20H24ClF3N4O2. The minimum absolute atomic E-state index is 0.000876. The van der Waals surface area contributed by atoms with Crippen LogP contribution in [0.2, 0.25) is 5.02 Å². The third-order valence-corrected chi connectivity index (χ3v) is 5.59. The maximum Gasteiger partial charge on any atom is 0.416 e. The van der Waals surface area contributed by atoms with Crippen molar-refractivity contribution in [2.45, 2.75) is 58.3 Å². The predicted molar refractivity (Wildman–Crippen MR) is 106 cm³/mol. The molecule has 1 aromatic carbocycles. The summed E-state index contributed by atoms with van der Waals surface area (Å²) in [6.45, 7) is 4.97. The van der Waals surface area contributed by atoms with Gasteiger partial charge in [0.2, 0.25) is 0 Å². The van der Waals surface area contributed by atoms with Gasteiger partial charge in [0.1, 0.15) is 5.82 Å². The molecule has 0 bridgehead atoms. The Hall–Kier alpha value is -2.29. The number of hydrogen-bond acceptors (Lipinski definition) is 4. The Morgan fingerprint density at radius 1 is 1.30 bits per heavy atom. The highest BCUT2D eigenvalue weighted by Crippen LogP contribution is 2.32. The maximum atomic E-state index is 12.9. The van der Waals surface area contributed by atoms with Crippen LogP contribution in [-0.2, 0) is 12.7 Å². The van der Waals surface area contributed by atoms with Crippen LogP contribution in [0.15, 0.2) is 18.2 Å². The van der Waals surface area contributed by atoms with E-state index in [0.717, 1.165) is 49.7 Å². The van der Waals surface area contributed by atoms with Crippen LogP contribution in [0.3, 0.4) is 0 Å². The molecule has 0 atom stereocenters. The van der Waals surface area contributed by atoms with Crippen molar-refractivity contribution >= 4 is 17.5 Å². The summed E-state index contributed by atoms with van der Waals surface area (Å²) in [7, 11) is 0. The summed E-state index contributed by atoms with van der Waals surface area (Å²) in [6.07, 6.45) is -1.33. The molecule has 1 amide bonds. The van der Waals surface area contributed by atoms with Crippen molar-refractivity contribution < 1.29 is 22.7 Å². The quantitative estimate of drug-likeness (QED) is 0.704. The van der Waals surface area contributed by atoms with Gasteiger partial charge in [-0.2, -0.15) is 18.2 Å². The van der Waals surface area contributed by atoms with Crippen molar-refractivity contribution in [3.8, 4) is 6.01 Å². The number of nitrogens with one attached hydrogen (secondary N) is 1. The lowest BCUT2D eigenvalue weighted by Crippen LogP contribution is -2.38. The molecule has 1 aliphatic carbocycles. The summed E-state index contributed by atoms with van der Waals surface area (Å²) in [4.78, 5) is 16.8. The highest BCUT2D eigenvalue weighted by Gasteiger charge is 2.32. The molecule has 30 heavy (non-hydrogen) atoms. The molecule has 10 heteroatoms. The van der Waals surface area contributed by atoms with Gasteiger partial charge in [-0.05, 0) is 63.6 Å². The largest absolute Gasteiger partial charge is 0.463 e. The fourth-order valence-electron chi connectivity index (χ4n) is 3.63. The smallest absolute Gasteiger partial charge is 0.416 e. The molecule has 0 spiro atoms. The van der Waals surface area contributed by atoms with Crippen LogP contribution in [0.1, 0.15) is 54.4 Å². The van der Waals surface area contributed by atoms with Gasteiger partial charge in [0.25, 0.3) is 5.91 Å². The molecule has 3 rings (SSSR count). The molecule has 1 saturated carbocycles. The van der Waals surface area contributed by atoms with Crippen LogP contribution in [0.25, 0.3) is 0 Å². The lowest BCUT2D eigenvalue weighted by atomic mass is 9.86. The Morgan fingerprint density at radius 2 is 2.00 bits per heavy atom. The second kappa shape index (κ2) is 9.24. The summed E-state index contributed by atoms with van der Waals surface area (Å²) in [5, 5.41) is 7.17. The number of hydrogen-bond donors (Lipinski definition) is 1. The first kappa shape index (κ1) is 22.4. The zero-order valence-corrected chi connectivity index (χ0v) is 17.6. The number of rotatable bonds is 6. The Bertz CT molecular complexity index is 893. The normalized spacial score (nSPS) is 19.5. The van der Waals surface area contributed by atoms with Crippen LogP contribution >= 0.6 is 11.6 Å². The van der Waals surface area contributed by atoms with Gasteiger partial charge in [-0.1, -0.05) is 11.6 Å². The summed E-state index contributed by atoms with van der Waals surface area (Å²) in [6, 6.07) is 3.04. The summed E-state index contributed by atoms with van der Waals surface area (Å²) in [5.41, 5.74) is -1.05. The number of nitrogens with zero attached hydrogens (tertiary/aromatic N) is 3. The molecule has 0 aliphatic heterocycles. The summed E-state index contributed by atoms with van der Waals surface area (Å²) in [5.74, 6) is 0.585. The first-order chi connectivity index (χ1) is 14.2. The van der Waals surface area contributed by atoms with E-state index in [1.54, 1.807) is 0 Å². The van der Waals surface area contributed by atoms with Crippen LogP contribution in [0.4, 0.5) is 13.2 Å². The minimum atomic E-state index is -4.53. The molecule has 0 radical (unpaired) electrons. The number of halogens is 4. The van der Waals surface area contributed by atoms with Gasteiger partial charge in [0.15, 0.2) is 0 Å². The maximum absolute atomic E-state index is 12.9. The van der Waals surface area contributed by atoms with E-state index in [1.807, 2.05) is 18.5 Å². The average molecular weight is 445 g/mol. The second-order valence-electron chi connectivity index (χ2n) is 7.44. The average Bonchev–Trinajstić information content (AvgIpc) is 3.02. The van der Waals surface area contributed by atoms with E-state index in [2.05, 4.69) is 15.4 Å². The molecule has 0 saturated heterocycles. The van der Waals surface area contributed by atoms with Gasteiger partial charge < -0.3 is 10.1 Å². The molecule has 2 aromatic rings. The Kier molecular flexibility index (Phi) is 6.90. The topological polar surface area (TPSA) is 69.0 Å². The lowest BCUT2D eigenvalue weighted by Gasteiger charge is -2.29. The second-order valence-corrected chi connectivity index (χ2v) is 7.85. The number of aromatic nitrogens is 3. The molecule has 6 nitrogen and oxygen atoms in total. The highest BCUT2D eigenvalue weighted by molar-refractivity contribution is 6.33. The first-order valence-electron chi connectivity index (χ1n) is 9.89. The number of ether oxygens (including phenoxy) is 1. The van der Waals surface area contributed by atoms with Crippen molar-refractivity contribution in [2.24, 2.45) is 5.92 Å². The number of carbonyl (C=O) groups excluding carboxylic acids is 1. The molecule has 164 valence electrons. The fraction of sp³-hybridized carbons (Fsp3) is 0.550. The zero-order chi connectivity index (χ0) is 21.9. The Morgan fingerprint density at radius 3 is 2.63 bits per heavy atom. The summed E-state index contributed by atoms with van der Waals surface area (Å²) < 4.78 is 45.9. The Labute approximate surface area is 177 Å². The van der Waals surface area contributed by atoms with Crippen LogP contribution in [0.5, 0.6) is 6.01 Å². The SMILES string of the molecule is CCOc1nc(C)n(C[C@H]2CC[C@H](NC(=O)c3cc(C(F)(F)F)ccc3Cl)CC2)n1. The Balaban J connectivity index is 1.55. The monoisotopic (exact) mass is 444 g/mol. The number of aryl methyl sites for hydroxylation is 1. The standard InChI is InChI=1S/C20H24ClF3N4O2/c1-3-30-19-25-12(2)28(27-19)11-13-4-7-15(8-5-13)26-18(29)16-10-14(20(22,23)24)6-9-17(16)21/h6,9-10,13,15H,3-5,7-8,11H2,1-2H3,(H,26,29)/t13-,15-. The van der Waals surface area contributed by atoms with Crippen LogP contribution in [0, 0.1) is 12.8 Å².